The zero-order valence-electron chi connectivity index (χ0n) is 15.2. The number of amides is 1. The monoisotopic (exact) mass is 345 g/mol. The van der Waals surface area contributed by atoms with Crippen LogP contribution in [-0.2, 0) is 24.3 Å². The van der Waals surface area contributed by atoms with Gasteiger partial charge in [0.05, 0.1) is 18.7 Å². The minimum Gasteiger partial charge on any atom is -0.338 e. The average Bonchev–Trinajstić information content (AvgIpc) is 2.99. The van der Waals surface area contributed by atoms with E-state index in [4.69, 9.17) is 4.99 Å². The van der Waals surface area contributed by atoms with Crippen molar-refractivity contribution in [2.75, 3.05) is 6.54 Å². The summed E-state index contributed by atoms with van der Waals surface area (Å²) in [6.07, 6.45) is 6.27. The molecule has 3 heterocycles. The van der Waals surface area contributed by atoms with Crippen LogP contribution in [-0.4, -0.2) is 28.0 Å². The number of aromatic nitrogens is 1. The maximum atomic E-state index is 12.5. The molecule has 2 aliphatic heterocycles. The largest absolute Gasteiger partial charge is 0.338 e. The number of carbonyl (C=O) groups is 1. The molecule has 0 unspecified atom stereocenters. The van der Waals surface area contributed by atoms with Crippen molar-refractivity contribution in [3.05, 3.63) is 64.0 Å². The Labute approximate surface area is 154 Å². The summed E-state index contributed by atoms with van der Waals surface area (Å²) in [4.78, 5) is 23.7. The number of pyridine rings is 1. The SMILES string of the molecule is Cc1cc(C2=NCc3cc4c(cc32)CN(CC2CCC2)C(=O)C4)ccn1. The predicted molar refractivity (Wildman–Crippen MR) is 101 cm³/mol. The van der Waals surface area contributed by atoms with Crippen LogP contribution in [0.4, 0.5) is 0 Å². The number of aliphatic imine (C=N–C) groups is 1. The molecule has 1 aliphatic carbocycles. The molecule has 4 heteroatoms. The fraction of sp³-hybridized carbons (Fsp3) is 0.409. The van der Waals surface area contributed by atoms with Crippen molar-refractivity contribution in [2.24, 2.45) is 10.9 Å². The summed E-state index contributed by atoms with van der Waals surface area (Å²) in [6.45, 7) is 4.40. The first kappa shape index (κ1) is 15.7. The van der Waals surface area contributed by atoms with E-state index in [2.05, 4.69) is 28.1 Å². The van der Waals surface area contributed by atoms with Crippen molar-refractivity contribution in [3.8, 4) is 0 Å². The molecule has 1 saturated carbocycles. The average molecular weight is 345 g/mol. The molecule has 1 aromatic heterocycles. The van der Waals surface area contributed by atoms with Crippen LogP contribution < -0.4 is 0 Å². The molecule has 0 spiro atoms. The van der Waals surface area contributed by atoms with Gasteiger partial charge in [-0.3, -0.25) is 14.8 Å². The number of rotatable bonds is 3. The van der Waals surface area contributed by atoms with Crippen molar-refractivity contribution in [2.45, 2.75) is 45.7 Å². The first-order chi connectivity index (χ1) is 12.7. The summed E-state index contributed by atoms with van der Waals surface area (Å²) in [6, 6.07) is 8.63. The number of benzene rings is 1. The highest BCUT2D eigenvalue weighted by Gasteiger charge is 2.29. The number of hydrogen-bond acceptors (Lipinski definition) is 3. The van der Waals surface area contributed by atoms with Crippen molar-refractivity contribution < 1.29 is 4.79 Å². The minimum absolute atomic E-state index is 0.285. The highest BCUT2D eigenvalue weighted by molar-refractivity contribution is 6.15. The fourth-order valence-corrected chi connectivity index (χ4v) is 4.31. The third-order valence-electron chi connectivity index (χ3n) is 6.02. The summed E-state index contributed by atoms with van der Waals surface area (Å²) in [5.41, 5.74) is 8.17. The Bertz CT molecular complexity index is 927. The first-order valence-electron chi connectivity index (χ1n) is 9.57. The van der Waals surface area contributed by atoms with Crippen LogP contribution in [0.5, 0.6) is 0 Å². The number of hydrogen-bond donors (Lipinski definition) is 0. The molecule has 4 nitrogen and oxygen atoms in total. The van der Waals surface area contributed by atoms with E-state index in [1.807, 2.05) is 19.2 Å². The van der Waals surface area contributed by atoms with E-state index in [9.17, 15) is 4.79 Å². The third-order valence-corrected chi connectivity index (χ3v) is 6.02. The lowest BCUT2D eigenvalue weighted by molar-refractivity contribution is -0.133. The second kappa shape index (κ2) is 6.04. The molecule has 1 aromatic carbocycles. The maximum Gasteiger partial charge on any atom is 0.227 e. The maximum absolute atomic E-state index is 12.5. The van der Waals surface area contributed by atoms with Crippen LogP contribution in [0.1, 0.15) is 52.8 Å². The fourth-order valence-electron chi connectivity index (χ4n) is 4.31. The van der Waals surface area contributed by atoms with Gasteiger partial charge in [-0.25, -0.2) is 0 Å². The topological polar surface area (TPSA) is 45.6 Å². The van der Waals surface area contributed by atoms with Crippen LogP contribution in [0.2, 0.25) is 0 Å². The second-order valence-electron chi connectivity index (χ2n) is 7.88. The zero-order chi connectivity index (χ0) is 17.7. The highest BCUT2D eigenvalue weighted by Crippen LogP contribution is 2.32. The van der Waals surface area contributed by atoms with Crippen LogP contribution in [0.25, 0.3) is 0 Å². The van der Waals surface area contributed by atoms with Crippen LogP contribution in [0.3, 0.4) is 0 Å². The Hall–Kier alpha value is -2.49. The van der Waals surface area contributed by atoms with E-state index in [1.165, 1.54) is 41.5 Å². The molecule has 132 valence electrons. The van der Waals surface area contributed by atoms with E-state index in [1.54, 1.807) is 0 Å². The van der Waals surface area contributed by atoms with Crippen LogP contribution in [0.15, 0.2) is 35.5 Å². The molecule has 26 heavy (non-hydrogen) atoms. The van der Waals surface area contributed by atoms with E-state index in [0.717, 1.165) is 30.1 Å². The quantitative estimate of drug-likeness (QED) is 0.855. The van der Waals surface area contributed by atoms with Gasteiger partial charge in [-0.1, -0.05) is 12.5 Å². The number of nitrogens with zero attached hydrogens (tertiary/aromatic N) is 3. The summed E-state index contributed by atoms with van der Waals surface area (Å²) in [5, 5.41) is 0. The lowest BCUT2D eigenvalue weighted by Crippen LogP contribution is -2.40. The molecule has 5 rings (SSSR count). The summed E-state index contributed by atoms with van der Waals surface area (Å²) >= 11 is 0. The molecule has 0 saturated heterocycles. The summed E-state index contributed by atoms with van der Waals surface area (Å²) < 4.78 is 0. The van der Waals surface area contributed by atoms with Gasteiger partial charge in [-0.15, -0.1) is 0 Å². The lowest BCUT2D eigenvalue weighted by atomic mass is 9.84. The van der Waals surface area contributed by atoms with Gasteiger partial charge in [0.1, 0.15) is 0 Å². The molecule has 1 amide bonds. The van der Waals surface area contributed by atoms with Gasteiger partial charge in [-0.05, 0) is 60.6 Å². The van der Waals surface area contributed by atoms with Crippen molar-refractivity contribution in [3.63, 3.8) is 0 Å². The highest BCUT2D eigenvalue weighted by atomic mass is 16.2. The predicted octanol–water partition coefficient (Wildman–Crippen LogP) is 3.43. The Morgan fingerprint density at radius 3 is 2.81 bits per heavy atom. The third kappa shape index (κ3) is 2.64. The molecule has 0 N–H and O–H groups in total. The lowest BCUT2D eigenvalue weighted by Gasteiger charge is -2.35. The van der Waals surface area contributed by atoms with Gasteiger partial charge >= 0.3 is 0 Å². The molecule has 0 radical (unpaired) electrons. The minimum atomic E-state index is 0.285. The molecule has 1 fully saturated rings. The molecular weight excluding hydrogens is 322 g/mol. The van der Waals surface area contributed by atoms with Crippen molar-refractivity contribution >= 4 is 11.6 Å². The molecule has 2 aromatic rings. The van der Waals surface area contributed by atoms with Crippen LogP contribution >= 0.6 is 0 Å². The van der Waals surface area contributed by atoms with E-state index in [0.29, 0.717) is 18.9 Å². The van der Waals surface area contributed by atoms with E-state index in [-0.39, 0.29) is 5.91 Å². The van der Waals surface area contributed by atoms with Crippen LogP contribution in [0, 0.1) is 12.8 Å². The van der Waals surface area contributed by atoms with E-state index >= 15 is 0 Å². The molecular formula is C22H23N3O. The number of carbonyl (C=O) groups excluding carboxylic acids is 1. The van der Waals surface area contributed by atoms with Gasteiger partial charge in [0.25, 0.3) is 0 Å². The molecule has 0 bridgehead atoms. The number of fused-ring (bicyclic) bond motifs is 2. The molecule has 0 atom stereocenters. The van der Waals surface area contributed by atoms with Gasteiger partial charge in [0, 0.05) is 36.1 Å². The Morgan fingerprint density at radius 2 is 2.04 bits per heavy atom. The number of aryl methyl sites for hydroxylation is 1. The zero-order valence-corrected chi connectivity index (χ0v) is 15.2. The summed E-state index contributed by atoms with van der Waals surface area (Å²) in [5.74, 6) is 1.00. The summed E-state index contributed by atoms with van der Waals surface area (Å²) in [7, 11) is 0. The van der Waals surface area contributed by atoms with Gasteiger partial charge < -0.3 is 4.90 Å². The first-order valence-corrected chi connectivity index (χ1v) is 9.57. The smallest absolute Gasteiger partial charge is 0.227 e. The van der Waals surface area contributed by atoms with Gasteiger partial charge in [-0.2, -0.15) is 0 Å². The van der Waals surface area contributed by atoms with E-state index < -0.39 is 0 Å². The van der Waals surface area contributed by atoms with Gasteiger partial charge in [0.15, 0.2) is 0 Å². The van der Waals surface area contributed by atoms with Gasteiger partial charge in [0.2, 0.25) is 5.91 Å². The molecule has 3 aliphatic rings. The Morgan fingerprint density at radius 1 is 1.15 bits per heavy atom. The normalized spacial score (nSPS) is 19.0. The standard InChI is InChI=1S/C22H23N3O/c1-14-7-16(5-6-23-14)22-20-9-19-13-25(12-15-3-2-4-15)21(26)10-17(19)8-18(20)11-24-22/h5-9,15H,2-4,10-13H2,1H3. The second-order valence-corrected chi connectivity index (χ2v) is 7.88. The Kier molecular flexibility index (Phi) is 3.66. The van der Waals surface area contributed by atoms with Crippen molar-refractivity contribution in [1.82, 2.24) is 9.88 Å². The Balaban J connectivity index is 1.47. The van der Waals surface area contributed by atoms with Crippen molar-refractivity contribution in [1.29, 1.82) is 0 Å².